The van der Waals surface area contributed by atoms with Crippen LogP contribution in [0, 0.1) is 5.92 Å². The maximum atomic E-state index is 12.7. The summed E-state index contributed by atoms with van der Waals surface area (Å²) in [6.07, 6.45) is 8.06. The van der Waals surface area contributed by atoms with Crippen LogP contribution in [0.2, 0.25) is 0 Å². The number of carbonyl (C=O) groups is 2. The van der Waals surface area contributed by atoms with Crippen LogP contribution < -0.4 is 4.74 Å². The van der Waals surface area contributed by atoms with Crippen LogP contribution in [0.4, 0.5) is 0 Å². The van der Waals surface area contributed by atoms with E-state index in [1.54, 1.807) is 4.90 Å². The van der Waals surface area contributed by atoms with E-state index in [9.17, 15) is 9.59 Å². The van der Waals surface area contributed by atoms with Crippen LogP contribution in [0.15, 0.2) is 36.1 Å². The van der Waals surface area contributed by atoms with E-state index < -0.39 is 6.04 Å². The van der Waals surface area contributed by atoms with Gasteiger partial charge in [-0.2, -0.15) is 0 Å². The molecule has 1 aromatic rings. The van der Waals surface area contributed by atoms with Crippen molar-refractivity contribution in [3.8, 4) is 5.75 Å². The van der Waals surface area contributed by atoms with Gasteiger partial charge in [0.15, 0.2) is 0 Å². The first-order valence-electron chi connectivity index (χ1n) is 10.7. The molecule has 29 heavy (non-hydrogen) atoms. The molecule has 1 fully saturated rings. The number of methoxy groups -OCH3 is 1. The molecule has 1 unspecified atom stereocenters. The predicted molar refractivity (Wildman–Crippen MR) is 113 cm³/mol. The number of carbonyl (C=O) groups excluding carboxylic acids is 2. The van der Waals surface area contributed by atoms with Crippen LogP contribution in [0.5, 0.6) is 5.75 Å². The molecule has 0 spiro atoms. The molecule has 5 heteroatoms. The standard InChI is InChI=1S/C24H33NO4/c1-24(2,3)19-12-8-9-13-21(19)29-18-15-22(26)25(16-18)20(23(27)28-4)14-17-10-6-5-7-11-17/h8-9,12-13,15,17,20H,5-7,10-11,14,16H2,1-4H3. The van der Waals surface area contributed by atoms with Crippen LogP contribution in [0.3, 0.4) is 0 Å². The molecule has 5 nitrogen and oxygen atoms in total. The van der Waals surface area contributed by atoms with E-state index in [2.05, 4.69) is 20.8 Å². The van der Waals surface area contributed by atoms with Gasteiger partial charge in [0.05, 0.1) is 13.7 Å². The second-order valence-electron chi connectivity index (χ2n) is 9.20. The molecule has 158 valence electrons. The summed E-state index contributed by atoms with van der Waals surface area (Å²) in [5.74, 6) is 1.27. The van der Waals surface area contributed by atoms with Gasteiger partial charge in [0.25, 0.3) is 5.91 Å². The number of hydrogen-bond donors (Lipinski definition) is 0. The third kappa shape index (κ3) is 5.20. The fraction of sp³-hybridized carbons (Fsp3) is 0.583. The second kappa shape index (κ2) is 9.02. The molecule has 1 saturated carbocycles. The summed E-state index contributed by atoms with van der Waals surface area (Å²) < 4.78 is 11.2. The highest BCUT2D eigenvalue weighted by Gasteiger charge is 2.37. The van der Waals surface area contributed by atoms with Crippen molar-refractivity contribution in [2.24, 2.45) is 5.92 Å². The van der Waals surface area contributed by atoms with Crippen molar-refractivity contribution in [1.82, 2.24) is 4.90 Å². The number of esters is 1. The molecule has 1 aliphatic heterocycles. The van der Waals surface area contributed by atoms with Gasteiger partial charge in [0, 0.05) is 11.6 Å². The van der Waals surface area contributed by atoms with E-state index in [1.165, 1.54) is 32.4 Å². The molecule has 2 aliphatic rings. The molecule has 1 aromatic carbocycles. The first kappa shape index (κ1) is 21.4. The third-order valence-electron chi connectivity index (χ3n) is 5.96. The Morgan fingerprint density at radius 3 is 2.52 bits per heavy atom. The van der Waals surface area contributed by atoms with Crippen molar-refractivity contribution in [2.75, 3.05) is 13.7 Å². The number of ether oxygens (including phenoxy) is 2. The lowest BCUT2D eigenvalue weighted by atomic mass is 9.84. The van der Waals surface area contributed by atoms with Crippen molar-refractivity contribution < 1.29 is 19.1 Å². The van der Waals surface area contributed by atoms with Crippen LogP contribution in [0.25, 0.3) is 0 Å². The van der Waals surface area contributed by atoms with E-state index >= 15 is 0 Å². The quantitative estimate of drug-likeness (QED) is 0.656. The maximum absolute atomic E-state index is 12.7. The minimum Gasteiger partial charge on any atom is -0.467 e. The van der Waals surface area contributed by atoms with Gasteiger partial charge < -0.3 is 14.4 Å². The van der Waals surface area contributed by atoms with Crippen LogP contribution in [0.1, 0.15) is 64.9 Å². The number of para-hydroxylation sites is 1. The summed E-state index contributed by atoms with van der Waals surface area (Å²) in [6.45, 7) is 6.69. The Labute approximate surface area is 174 Å². The SMILES string of the molecule is COC(=O)C(CC1CCCCC1)N1CC(Oc2ccccc2C(C)(C)C)=CC1=O. The highest BCUT2D eigenvalue weighted by Crippen LogP contribution is 2.34. The van der Waals surface area contributed by atoms with Crippen molar-refractivity contribution >= 4 is 11.9 Å². The van der Waals surface area contributed by atoms with E-state index in [0.717, 1.165) is 24.2 Å². The van der Waals surface area contributed by atoms with Gasteiger partial charge in [-0.1, -0.05) is 71.1 Å². The van der Waals surface area contributed by atoms with Gasteiger partial charge >= 0.3 is 5.97 Å². The topological polar surface area (TPSA) is 55.8 Å². The Balaban J connectivity index is 1.73. The molecule has 1 atom stereocenters. The minimum atomic E-state index is -0.550. The fourth-order valence-corrected chi connectivity index (χ4v) is 4.38. The zero-order valence-electron chi connectivity index (χ0n) is 18.1. The van der Waals surface area contributed by atoms with Gasteiger partial charge in [-0.3, -0.25) is 4.79 Å². The van der Waals surface area contributed by atoms with E-state index in [0.29, 0.717) is 24.6 Å². The lowest BCUT2D eigenvalue weighted by Crippen LogP contribution is -2.44. The molecule has 0 aromatic heterocycles. The molecule has 1 aliphatic carbocycles. The molecular formula is C24H33NO4. The van der Waals surface area contributed by atoms with Crippen molar-refractivity contribution in [2.45, 2.75) is 70.8 Å². The lowest BCUT2D eigenvalue weighted by Gasteiger charge is -2.31. The summed E-state index contributed by atoms with van der Waals surface area (Å²) in [4.78, 5) is 26.8. The Hall–Kier alpha value is -2.30. The number of benzene rings is 1. The third-order valence-corrected chi connectivity index (χ3v) is 5.96. The molecule has 3 rings (SSSR count). The molecule has 0 radical (unpaired) electrons. The molecule has 0 saturated heterocycles. The monoisotopic (exact) mass is 399 g/mol. The van der Waals surface area contributed by atoms with E-state index in [-0.39, 0.29) is 17.3 Å². The Morgan fingerprint density at radius 2 is 1.86 bits per heavy atom. The van der Waals surface area contributed by atoms with E-state index in [4.69, 9.17) is 9.47 Å². The normalized spacial score (nSPS) is 19.1. The van der Waals surface area contributed by atoms with E-state index in [1.807, 2.05) is 24.3 Å². The maximum Gasteiger partial charge on any atom is 0.328 e. The second-order valence-corrected chi connectivity index (χ2v) is 9.20. The predicted octanol–water partition coefficient (Wildman–Crippen LogP) is 4.60. The molecule has 0 bridgehead atoms. The van der Waals surface area contributed by atoms with Gasteiger partial charge in [0.2, 0.25) is 0 Å². The zero-order valence-corrected chi connectivity index (χ0v) is 18.1. The Morgan fingerprint density at radius 1 is 1.17 bits per heavy atom. The lowest BCUT2D eigenvalue weighted by molar-refractivity contribution is -0.151. The van der Waals surface area contributed by atoms with Crippen LogP contribution in [-0.4, -0.2) is 36.5 Å². The van der Waals surface area contributed by atoms with Gasteiger partial charge in [0.1, 0.15) is 17.6 Å². The average molecular weight is 400 g/mol. The fourth-order valence-electron chi connectivity index (χ4n) is 4.38. The Kier molecular flexibility index (Phi) is 6.66. The van der Waals surface area contributed by atoms with Crippen LogP contribution >= 0.6 is 0 Å². The highest BCUT2D eigenvalue weighted by molar-refractivity contribution is 5.94. The first-order chi connectivity index (χ1) is 13.8. The Bertz CT molecular complexity index is 771. The van der Waals surface area contributed by atoms with Crippen molar-refractivity contribution in [3.63, 3.8) is 0 Å². The largest absolute Gasteiger partial charge is 0.467 e. The van der Waals surface area contributed by atoms with Crippen molar-refractivity contribution in [3.05, 3.63) is 41.7 Å². The summed E-state index contributed by atoms with van der Waals surface area (Å²) >= 11 is 0. The number of rotatable bonds is 6. The number of nitrogens with zero attached hydrogens (tertiary/aromatic N) is 1. The summed E-state index contributed by atoms with van der Waals surface area (Å²) in [5.41, 5.74) is 1.01. The number of amides is 1. The zero-order chi connectivity index (χ0) is 21.0. The summed E-state index contributed by atoms with van der Waals surface area (Å²) in [6, 6.07) is 7.34. The minimum absolute atomic E-state index is 0.0744. The smallest absolute Gasteiger partial charge is 0.328 e. The van der Waals surface area contributed by atoms with Crippen LogP contribution in [-0.2, 0) is 19.7 Å². The van der Waals surface area contributed by atoms with Gasteiger partial charge in [-0.05, 0) is 23.8 Å². The van der Waals surface area contributed by atoms with Crippen molar-refractivity contribution in [1.29, 1.82) is 0 Å². The molecule has 1 amide bonds. The highest BCUT2D eigenvalue weighted by atomic mass is 16.5. The molecular weight excluding hydrogens is 366 g/mol. The number of hydrogen-bond acceptors (Lipinski definition) is 4. The van der Waals surface area contributed by atoms with Gasteiger partial charge in [-0.25, -0.2) is 4.79 Å². The van der Waals surface area contributed by atoms with Gasteiger partial charge in [-0.15, -0.1) is 0 Å². The molecule has 1 heterocycles. The summed E-state index contributed by atoms with van der Waals surface area (Å²) in [7, 11) is 1.39. The molecule has 0 N–H and O–H groups in total. The first-order valence-corrected chi connectivity index (χ1v) is 10.7. The average Bonchev–Trinajstić information content (AvgIpc) is 3.05. The summed E-state index contributed by atoms with van der Waals surface area (Å²) in [5, 5.41) is 0.